The molecule has 0 aliphatic rings. The highest BCUT2D eigenvalue weighted by atomic mass is 16.6. The summed E-state index contributed by atoms with van der Waals surface area (Å²) in [6.45, 7) is 6.67. The van der Waals surface area contributed by atoms with E-state index < -0.39 is 6.10 Å². The van der Waals surface area contributed by atoms with Crippen LogP contribution in [0.1, 0.15) is 329 Å². The van der Waals surface area contributed by atoms with Gasteiger partial charge in [-0.05, 0) is 70.6 Å². The molecule has 0 aliphatic heterocycles. The molecule has 0 heterocycles. The van der Waals surface area contributed by atoms with E-state index in [9.17, 15) is 14.4 Å². The van der Waals surface area contributed by atoms with Crippen LogP contribution in [-0.4, -0.2) is 37.2 Å². The molecule has 0 aromatic carbocycles. The minimum absolute atomic E-state index is 0.0717. The van der Waals surface area contributed by atoms with Gasteiger partial charge < -0.3 is 14.2 Å². The minimum Gasteiger partial charge on any atom is -0.462 e. The van der Waals surface area contributed by atoms with Crippen LogP contribution >= 0.6 is 0 Å². The second-order valence-corrected chi connectivity index (χ2v) is 20.3. The number of hydrogen-bond acceptors (Lipinski definition) is 6. The summed E-state index contributed by atoms with van der Waals surface area (Å²) < 4.78 is 16.9. The Hall–Kier alpha value is -2.11. The van der Waals surface area contributed by atoms with E-state index in [1.54, 1.807) is 0 Å². The van der Waals surface area contributed by atoms with E-state index >= 15 is 0 Å². The highest BCUT2D eigenvalue weighted by Crippen LogP contribution is 2.17. The van der Waals surface area contributed by atoms with Crippen LogP contribution in [-0.2, 0) is 28.6 Å². The first-order valence-electron chi connectivity index (χ1n) is 29.8. The first kappa shape index (κ1) is 64.9. The molecule has 0 radical (unpaired) electrons. The van der Waals surface area contributed by atoms with E-state index in [1.807, 2.05) is 0 Å². The van der Waals surface area contributed by atoms with Crippen molar-refractivity contribution in [1.29, 1.82) is 0 Å². The molecule has 0 spiro atoms. The smallest absolute Gasteiger partial charge is 0.306 e. The van der Waals surface area contributed by atoms with E-state index in [2.05, 4.69) is 45.1 Å². The Morgan fingerprint density at radius 1 is 0.284 bits per heavy atom. The molecule has 0 saturated carbocycles. The van der Waals surface area contributed by atoms with Gasteiger partial charge >= 0.3 is 17.9 Å². The molecule has 0 aliphatic carbocycles. The second kappa shape index (κ2) is 56.5. The maximum Gasteiger partial charge on any atom is 0.306 e. The largest absolute Gasteiger partial charge is 0.462 e. The number of carbonyl (C=O) groups is 3. The Labute approximate surface area is 417 Å². The van der Waals surface area contributed by atoms with E-state index in [0.717, 1.165) is 64.2 Å². The number of allylic oxidation sites excluding steroid dienone is 4. The lowest BCUT2D eigenvalue weighted by Gasteiger charge is -2.18. The number of rotatable bonds is 55. The molecule has 1 atom stereocenters. The molecule has 6 nitrogen and oxygen atoms in total. The molecule has 0 fully saturated rings. The molecule has 6 heteroatoms. The van der Waals surface area contributed by atoms with Crippen LogP contribution in [0.15, 0.2) is 24.3 Å². The standard InChI is InChI=1S/C61H114O6/c1-4-7-10-13-16-19-22-25-28-30-33-36-39-42-45-48-51-54-60(63)66-57-58(56-65-59(62)53-50-47-44-41-38-35-32-27-24-21-18-15-12-9-6-3)67-61(64)55-52-49-46-43-40-37-34-31-29-26-23-20-17-14-11-8-5-2/h25,27-28,32,58H,4-24,26,29-31,33-57H2,1-3H3/b28-25-,32-27-/t58-/m1/s1. The van der Waals surface area contributed by atoms with Crippen molar-refractivity contribution in [2.75, 3.05) is 13.2 Å². The highest BCUT2D eigenvalue weighted by Gasteiger charge is 2.19. The van der Waals surface area contributed by atoms with Crippen molar-refractivity contribution in [3.63, 3.8) is 0 Å². The summed E-state index contributed by atoms with van der Waals surface area (Å²) in [4.78, 5) is 38.2. The average Bonchev–Trinajstić information content (AvgIpc) is 3.33. The predicted molar refractivity (Wildman–Crippen MR) is 289 cm³/mol. The summed E-state index contributed by atoms with van der Waals surface area (Å²) >= 11 is 0. The van der Waals surface area contributed by atoms with Crippen LogP contribution in [0, 0.1) is 0 Å². The fourth-order valence-electron chi connectivity index (χ4n) is 8.91. The summed E-state index contributed by atoms with van der Waals surface area (Å²) in [6.07, 6.45) is 65.9. The first-order valence-corrected chi connectivity index (χ1v) is 29.8. The number of esters is 3. The molecule has 67 heavy (non-hydrogen) atoms. The summed E-state index contributed by atoms with van der Waals surface area (Å²) in [6, 6.07) is 0. The Kier molecular flexibility index (Phi) is 54.7. The Morgan fingerprint density at radius 2 is 0.493 bits per heavy atom. The average molecular weight is 944 g/mol. The van der Waals surface area contributed by atoms with E-state index in [-0.39, 0.29) is 31.1 Å². The summed E-state index contributed by atoms with van der Waals surface area (Å²) in [5.74, 6) is -0.862. The van der Waals surface area contributed by atoms with Crippen molar-refractivity contribution in [3.8, 4) is 0 Å². The van der Waals surface area contributed by atoms with Gasteiger partial charge in [-0.1, -0.05) is 263 Å². The molecule has 0 unspecified atom stereocenters. The third-order valence-corrected chi connectivity index (χ3v) is 13.4. The minimum atomic E-state index is -0.772. The van der Waals surface area contributed by atoms with Crippen LogP contribution in [0.3, 0.4) is 0 Å². The number of carbonyl (C=O) groups excluding carboxylic acids is 3. The van der Waals surface area contributed by atoms with Crippen LogP contribution in [0.5, 0.6) is 0 Å². The highest BCUT2D eigenvalue weighted by molar-refractivity contribution is 5.71. The molecular weight excluding hydrogens is 829 g/mol. The zero-order chi connectivity index (χ0) is 48.6. The molecule has 0 bridgehead atoms. The Balaban J connectivity index is 4.34. The van der Waals surface area contributed by atoms with Crippen LogP contribution < -0.4 is 0 Å². The van der Waals surface area contributed by atoms with Crippen LogP contribution in [0.25, 0.3) is 0 Å². The van der Waals surface area contributed by atoms with Crippen LogP contribution in [0.2, 0.25) is 0 Å². The molecule has 0 N–H and O–H groups in total. The Morgan fingerprint density at radius 3 is 0.746 bits per heavy atom. The van der Waals surface area contributed by atoms with Gasteiger partial charge in [0.15, 0.2) is 6.10 Å². The van der Waals surface area contributed by atoms with E-state index in [1.165, 1.54) is 225 Å². The zero-order valence-electron chi connectivity index (χ0n) is 45.2. The Bertz CT molecular complexity index is 1080. The van der Waals surface area contributed by atoms with Crippen molar-refractivity contribution in [2.24, 2.45) is 0 Å². The second-order valence-electron chi connectivity index (χ2n) is 20.3. The maximum absolute atomic E-state index is 12.9. The van der Waals surface area contributed by atoms with Gasteiger partial charge in [-0.2, -0.15) is 0 Å². The van der Waals surface area contributed by atoms with Crippen molar-refractivity contribution < 1.29 is 28.6 Å². The predicted octanol–water partition coefficient (Wildman–Crippen LogP) is 19.9. The lowest BCUT2D eigenvalue weighted by Crippen LogP contribution is -2.30. The third kappa shape index (κ3) is 54.7. The molecule has 394 valence electrons. The van der Waals surface area contributed by atoms with Crippen molar-refractivity contribution in [1.82, 2.24) is 0 Å². The van der Waals surface area contributed by atoms with Gasteiger partial charge in [0.2, 0.25) is 0 Å². The monoisotopic (exact) mass is 943 g/mol. The molecule has 0 rings (SSSR count). The topological polar surface area (TPSA) is 78.9 Å². The molecule has 0 amide bonds. The summed E-state index contributed by atoms with van der Waals surface area (Å²) in [5.41, 5.74) is 0. The summed E-state index contributed by atoms with van der Waals surface area (Å²) in [7, 11) is 0. The van der Waals surface area contributed by atoms with Gasteiger partial charge in [0.1, 0.15) is 13.2 Å². The molecule has 0 saturated heterocycles. The van der Waals surface area contributed by atoms with Crippen molar-refractivity contribution in [3.05, 3.63) is 24.3 Å². The lowest BCUT2D eigenvalue weighted by atomic mass is 10.0. The third-order valence-electron chi connectivity index (χ3n) is 13.4. The fraction of sp³-hybridized carbons (Fsp3) is 0.885. The van der Waals surface area contributed by atoms with Crippen molar-refractivity contribution >= 4 is 17.9 Å². The normalized spacial score (nSPS) is 12.1. The van der Waals surface area contributed by atoms with E-state index in [4.69, 9.17) is 14.2 Å². The SMILES string of the molecule is CCCCCCCC/C=C\CCCCCCCCCC(=O)OC[C@@H](COC(=O)CCCCCCC/C=C\CCCCCCCC)OC(=O)CCCCCCCCCCCCCCCCCCC. The molecule has 0 aromatic heterocycles. The maximum atomic E-state index is 12.9. The lowest BCUT2D eigenvalue weighted by molar-refractivity contribution is -0.167. The first-order chi connectivity index (χ1) is 33.0. The molecular formula is C61H114O6. The number of unbranched alkanes of at least 4 members (excludes halogenated alkanes) is 40. The summed E-state index contributed by atoms with van der Waals surface area (Å²) in [5, 5.41) is 0. The van der Waals surface area contributed by atoms with Gasteiger partial charge in [0.05, 0.1) is 0 Å². The number of hydrogen-bond donors (Lipinski definition) is 0. The van der Waals surface area contributed by atoms with Gasteiger partial charge in [-0.15, -0.1) is 0 Å². The van der Waals surface area contributed by atoms with Crippen LogP contribution in [0.4, 0.5) is 0 Å². The van der Waals surface area contributed by atoms with Gasteiger partial charge in [0, 0.05) is 19.3 Å². The quantitative estimate of drug-likeness (QED) is 0.0262. The zero-order valence-corrected chi connectivity index (χ0v) is 45.2. The molecule has 0 aromatic rings. The number of ether oxygens (including phenoxy) is 3. The van der Waals surface area contributed by atoms with Crippen molar-refractivity contribution in [2.45, 2.75) is 335 Å². The van der Waals surface area contributed by atoms with Gasteiger partial charge in [-0.25, -0.2) is 0 Å². The fourth-order valence-corrected chi connectivity index (χ4v) is 8.91. The van der Waals surface area contributed by atoms with Gasteiger partial charge in [-0.3, -0.25) is 14.4 Å². The van der Waals surface area contributed by atoms with E-state index in [0.29, 0.717) is 19.3 Å². The van der Waals surface area contributed by atoms with Gasteiger partial charge in [0.25, 0.3) is 0 Å².